The van der Waals surface area contributed by atoms with Crippen molar-refractivity contribution in [2.75, 3.05) is 10.0 Å². The number of aryl methyl sites for hydroxylation is 1. The Labute approximate surface area is 191 Å². The Kier molecular flexibility index (Phi) is 7.10. The van der Waals surface area contributed by atoms with E-state index in [9.17, 15) is 13.2 Å². The molecular formula is C22H20Cl2N2O4S. The van der Waals surface area contributed by atoms with Crippen LogP contribution in [0.4, 0.5) is 11.4 Å². The average Bonchev–Trinajstić information content (AvgIpc) is 2.69. The van der Waals surface area contributed by atoms with Crippen LogP contribution >= 0.6 is 23.2 Å². The second-order valence-corrected chi connectivity index (χ2v) is 9.36. The van der Waals surface area contributed by atoms with E-state index < -0.39 is 16.1 Å². The molecule has 0 aromatic heterocycles. The van der Waals surface area contributed by atoms with Gasteiger partial charge in [0.2, 0.25) is 0 Å². The van der Waals surface area contributed by atoms with Crippen molar-refractivity contribution >= 4 is 50.5 Å². The van der Waals surface area contributed by atoms with E-state index >= 15 is 0 Å². The van der Waals surface area contributed by atoms with Crippen LogP contribution in [0.25, 0.3) is 0 Å². The topological polar surface area (TPSA) is 84.5 Å². The lowest BCUT2D eigenvalue weighted by Gasteiger charge is -2.16. The van der Waals surface area contributed by atoms with Gasteiger partial charge in [-0.2, -0.15) is 0 Å². The number of para-hydroxylation sites is 1. The Morgan fingerprint density at radius 2 is 1.55 bits per heavy atom. The van der Waals surface area contributed by atoms with E-state index in [1.165, 1.54) is 42.5 Å². The molecule has 3 aromatic carbocycles. The summed E-state index contributed by atoms with van der Waals surface area (Å²) in [6.07, 6.45) is -0.737. The second kappa shape index (κ2) is 9.60. The van der Waals surface area contributed by atoms with Gasteiger partial charge >= 0.3 is 0 Å². The van der Waals surface area contributed by atoms with Crippen molar-refractivity contribution in [2.45, 2.75) is 24.8 Å². The summed E-state index contributed by atoms with van der Waals surface area (Å²) in [6.45, 7) is 3.53. The zero-order valence-corrected chi connectivity index (χ0v) is 19.1. The SMILES string of the molecule is Cc1ccccc1OC(C)C(=O)Nc1ccc(S(=O)(=O)Nc2cc(Cl)cc(Cl)c2)cc1. The van der Waals surface area contributed by atoms with Gasteiger partial charge < -0.3 is 10.1 Å². The maximum atomic E-state index is 12.6. The van der Waals surface area contributed by atoms with Crippen LogP contribution in [0.2, 0.25) is 10.0 Å². The molecule has 0 aliphatic carbocycles. The highest BCUT2D eigenvalue weighted by atomic mass is 35.5. The molecule has 0 spiro atoms. The molecule has 0 aliphatic heterocycles. The molecule has 3 rings (SSSR count). The lowest BCUT2D eigenvalue weighted by Crippen LogP contribution is -2.30. The molecule has 2 N–H and O–H groups in total. The standard InChI is InChI=1S/C22H20Cl2N2O4S/c1-14-5-3-4-6-21(14)30-15(2)22(27)25-18-7-9-20(10-8-18)31(28,29)26-19-12-16(23)11-17(24)13-19/h3-13,15,26H,1-2H3,(H,25,27). The summed E-state index contributed by atoms with van der Waals surface area (Å²) in [5.41, 5.74) is 1.61. The van der Waals surface area contributed by atoms with Crippen molar-refractivity contribution in [1.29, 1.82) is 0 Å². The first-order valence-corrected chi connectivity index (χ1v) is 11.5. The molecule has 0 saturated carbocycles. The first-order chi connectivity index (χ1) is 14.6. The number of benzene rings is 3. The number of anilines is 2. The largest absolute Gasteiger partial charge is 0.481 e. The van der Waals surface area contributed by atoms with E-state index in [4.69, 9.17) is 27.9 Å². The predicted octanol–water partition coefficient (Wildman–Crippen LogP) is 5.51. The summed E-state index contributed by atoms with van der Waals surface area (Å²) in [5.74, 6) is 0.268. The molecule has 9 heteroatoms. The molecule has 0 heterocycles. The summed E-state index contributed by atoms with van der Waals surface area (Å²) in [7, 11) is -3.86. The van der Waals surface area contributed by atoms with Crippen molar-refractivity contribution in [3.05, 3.63) is 82.3 Å². The van der Waals surface area contributed by atoms with Crippen LogP contribution in [0.3, 0.4) is 0 Å². The van der Waals surface area contributed by atoms with Gasteiger partial charge in [-0.05, 0) is 67.9 Å². The minimum atomic E-state index is -3.86. The number of rotatable bonds is 7. The molecule has 6 nitrogen and oxygen atoms in total. The predicted molar refractivity (Wildman–Crippen MR) is 124 cm³/mol. The van der Waals surface area contributed by atoms with Crippen molar-refractivity contribution in [3.8, 4) is 5.75 Å². The molecular weight excluding hydrogens is 459 g/mol. The van der Waals surface area contributed by atoms with Crippen LogP contribution in [0.15, 0.2) is 71.6 Å². The Bertz CT molecular complexity index is 1180. The number of hydrogen-bond donors (Lipinski definition) is 2. The number of nitrogens with one attached hydrogen (secondary N) is 2. The number of amides is 1. The van der Waals surface area contributed by atoms with Crippen LogP contribution in [0, 0.1) is 6.92 Å². The number of carbonyl (C=O) groups is 1. The smallest absolute Gasteiger partial charge is 0.265 e. The van der Waals surface area contributed by atoms with Crippen molar-refractivity contribution in [3.63, 3.8) is 0 Å². The van der Waals surface area contributed by atoms with E-state index in [0.717, 1.165) is 5.56 Å². The normalized spacial score (nSPS) is 12.1. The first-order valence-electron chi connectivity index (χ1n) is 9.26. The maximum absolute atomic E-state index is 12.6. The Morgan fingerprint density at radius 3 is 2.16 bits per heavy atom. The zero-order valence-electron chi connectivity index (χ0n) is 16.7. The van der Waals surface area contributed by atoms with Gasteiger partial charge in [0.1, 0.15) is 5.75 Å². The number of carbonyl (C=O) groups excluding carboxylic acids is 1. The van der Waals surface area contributed by atoms with E-state index in [0.29, 0.717) is 21.5 Å². The summed E-state index contributed by atoms with van der Waals surface area (Å²) >= 11 is 11.8. The molecule has 31 heavy (non-hydrogen) atoms. The third-order valence-electron chi connectivity index (χ3n) is 4.31. The Balaban J connectivity index is 1.66. The van der Waals surface area contributed by atoms with Gasteiger partial charge in [-0.3, -0.25) is 9.52 Å². The fourth-order valence-corrected chi connectivity index (χ4v) is 4.29. The first kappa shape index (κ1) is 22.9. The highest BCUT2D eigenvalue weighted by Gasteiger charge is 2.18. The summed E-state index contributed by atoms with van der Waals surface area (Å²) < 4.78 is 33.3. The molecule has 0 bridgehead atoms. The van der Waals surface area contributed by atoms with E-state index in [1.807, 2.05) is 25.1 Å². The fourth-order valence-electron chi connectivity index (χ4n) is 2.72. The molecule has 3 aromatic rings. The lowest BCUT2D eigenvalue weighted by molar-refractivity contribution is -0.122. The summed E-state index contributed by atoms with van der Waals surface area (Å²) in [4.78, 5) is 12.4. The fraction of sp³-hybridized carbons (Fsp3) is 0.136. The number of hydrogen-bond acceptors (Lipinski definition) is 4. The molecule has 162 valence electrons. The molecule has 1 atom stereocenters. The second-order valence-electron chi connectivity index (χ2n) is 6.80. The summed E-state index contributed by atoms with van der Waals surface area (Å²) in [6, 6.07) is 17.6. The number of ether oxygens (including phenoxy) is 1. The molecule has 0 saturated heterocycles. The van der Waals surface area contributed by atoms with Gasteiger partial charge in [0.25, 0.3) is 15.9 Å². The molecule has 0 fully saturated rings. The van der Waals surface area contributed by atoms with Gasteiger partial charge in [-0.25, -0.2) is 8.42 Å². The lowest BCUT2D eigenvalue weighted by atomic mass is 10.2. The number of halogens is 2. The maximum Gasteiger partial charge on any atom is 0.265 e. The molecule has 1 amide bonds. The van der Waals surface area contributed by atoms with Gasteiger partial charge in [-0.1, -0.05) is 41.4 Å². The third-order valence-corrected chi connectivity index (χ3v) is 6.15. The summed E-state index contributed by atoms with van der Waals surface area (Å²) in [5, 5.41) is 3.33. The van der Waals surface area contributed by atoms with Crippen LogP contribution in [-0.2, 0) is 14.8 Å². The highest BCUT2D eigenvalue weighted by molar-refractivity contribution is 7.92. The van der Waals surface area contributed by atoms with E-state index in [-0.39, 0.29) is 16.5 Å². The molecule has 1 unspecified atom stereocenters. The van der Waals surface area contributed by atoms with Crippen LogP contribution in [-0.4, -0.2) is 20.4 Å². The minimum Gasteiger partial charge on any atom is -0.481 e. The number of sulfonamides is 1. The van der Waals surface area contributed by atoms with E-state index in [2.05, 4.69) is 10.0 Å². The van der Waals surface area contributed by atoms with Crippen molar-refractivity contribution in [1.82, 2.24) is 0 Å². The van der Waals surface area contributed by atoms with Crippen LogP contribution < -0.4 is 14.8 Å². The Morgan fingerprint density at radius 1 is 0.935 bits per heavy atom. The van der Waals surface area contributed by atoms with Crippen LogP contribution in [0.1, 0.15) is 12.5 Å². The van der Waals surface area contributed by atoms with E-state index in [1.54, 1.807) is 13.0 Å². The van der Waals surface area contributed by atoms with Gasteiger partial charge in [0.05, 0.1) is 10.6 Å². The average molecular weight is 479 g/mol. The highest BCUT2D eigenvalue weighted by Crippen LogP contribution is 2.25. The van der Waals surface area contributed by atoms with Crippen molar-refractivity contribution in [2.24, 2.45) is 0 Å². The van der Waals surface area contributed by atoms with Crippen LogP contribution in [0.5, 0.6) is 5.75 Å². The minimum absolute atomic E-state index is 0.0193. The third kappa shape index (κ3) is 6.13. The molecule has 0 radical (unpaired) electrons. The monoisotopic (exact) mass is 478 g/mol. The van der Waals surface area contributed by atoms with Gasteiger partial charge in [-0.15, -0.1) is 0 Å². The van der Waals surface area contributed by atoms with Crippen molar-refractivity contribution < 1.29 is 17.9 Å². The molecule has 0 aliphatic rings. The van der Waals surface area contributed by atoms with Gasteiger partial charge in [0, 0.05) is 15.7 Å². The quantitative estimate of drug-likeness (QED) is 0.468. The van der Waals surface area contributed by atoms with Gasteiger partial charge in [0.15, 0.2) is 6.10 Å². The Hall–Kier alpha value is -2.74. The zero-order chi connectivity index (χ0) is 22.6.